The van der Waals surface area contributed by atoms with Crippen molar-refractivity contribution in [2.24, 2.45) is 0 Å². The molecule has 158 valence electrons. The zero-order valence-electron chi connectivity index (χ0n) is 12.6. The third-order valence-electron chi connectivity index (χ3n) is 3.06. The number of ether oxygens (including phenoxy) is 1. The average molecular weight is 422 g/mol. The predicted molar refractivity (Wildman–Crippen MR) is 57.9 cm³/mol. The van der Waals surface area contributed by atoms with Gasteiger partial charge in [0.15, 0.2) is 0 Å². The van der Waals surface area contributed by atoms with E-state index < -0.39 is 54.6 Å². The highest BCUT2D eigenvalue weighted by atomic mass is 19.4. The maximum Gasteiger partial charge on any atom is 0.460 e. The van der Waals surface area contributed by atoms with Crippen LogP contribution in [0.4, 0.5) is 57.1 Å². The van der Waals surface area contributed by atoms with Gasteiger partial charge in [0.1, 0.15) is 6.10 Å². The average Bonchev–Trinajstić information content (AvgIpc) is 2.42. The summed E-state index contributed by atoms with van der Waals surface area (Å²) in [6.45, 7) is -0.393. The molecule has 0 radical (unpaired) electrons. The van der Waals surface area contributed by atoms with Crippen LogP contribution in [-0.2, 0) is 4.74 Å². The predicted octanol–water partition coefficient (Wildman–Crippen LogP) is 4.51. The van der Waals surface area contributed by atoms with Gasteiger partial charge in [-0.05, 0) is 13.8 Å². The topological polar surface area (TPSA) is 29.5 Å². The Morgan fingerprint density at radius 1 is 0.654 bits per heavy atom. The van der Waals surface area contributed by atoms with Crippen LogP contribution in [0.1, 0.15) is 13.8 Å². The number of rotatable bonds is 8. The molecule has 15 heteroatoms. The van der Waals surface area contributed by atoms with Crippen LogP contribution in [0.25, 0.3) is 0 Å². The van der Waals surface area contributed by atoms with Crippen LogP contribution in [0.15, 0.2) is 0 Å². The number of aliphatic hydroxyl groups is 1. The SMILES string of the molecule is CC(O)COC(C)C(F)(F)C(F)(F)C(F)(F)C(F)(F)C(F)(F)C(F)(F)F. The zero-order valence-corrected chi connectivity index (χ0v) is 12.6. The van der Waals surface area contributed by atoms with Gasteiger partial charge in [-0.15, -0.1) is 0 Å². The first-order valence-electron chi connectivity index (χ1n) is 6.34. The molecule has 0 aromatic rings. The van der Waals surface area contributed by atoms with Gasteiger partial charge in [0.25, 0.3) is 0 Å². The molecule has 0 amide bonds. The first-order valence-corrected chi connectivity index (χ1v) is 6.34. The first-order chi connectivity index (χ1) is 11.1. The van der Waals surface area contributed by atoms with Gasteiger partial charge in [-0.1, -0.05) is 0 Å². The minimum Gasteiger partial charge on any atom is -0.391 e. The van der Waals surface area contributed by atoms with Crippen molar-refractivity contribution < 1.29 is 66.9 Å². The Morgan fingerprint density at radius 3 is 1.31 bits per heavy atom. The van der Waals surface area contributed by atoms with Crippen molar-refractivity contribution in [1.29, 1.82) is 0 Å². The van der Waals surface area contributed by atoms with Gasteiger partial charge < -0.3 is 9.84 Å². The molecule has 0 bridgehead atoms. The number of aliphatic hydroxyl groups excluding tert-OH is 1. The summed E-state index contributed by atoms with van der Waals surface area (Å²) in [5, 5.41) is 8.71. The lowest BCUT2D eigenvalue weighted by molar-refractivity contribution is -0.444. The number of hydrogen-bond acceptors (Lipinski definition) is 2. The molecule has 26 heavy (non-hydrogen) atoms. The summed E-state index contributed by atoms with van der Waals surface area (Å²) in [7, 11) is 0. The number of hydrogen-bond donors (Lipinski definition) is 1. The Bertz CT molecular complexity index is 483. The first kappa shape index (κ1) is 25.0. The lowest BCUT2D eigenvalue weighted by atomic mass is 9.92. The smallest absolute Gasteiger partial charge is 0.391 e. The van der Waals surface area contributed by atoms with E-state index in [9.17, 15) is 57.1 Å². The van der Waals surface area contributed by atoms with Crippen LogP contribution in [-0.4, -0.2) is 59.7 Å². The second-order valence-electron chi connectivity index (χ2n) is 5.24. The summed E-state index contributed by atoms with van der Waals surface area (Å²) in [5.74, 6) is -37.3. The molecular formula is C11H11F13O2. The molecule has 0 rings (SSSR count). The van der Waals surface area contributed by atoms with Gasteiger partial charge >= 0.3 is 35.8 Å². The Morgan fingerprint density at radius 2 is 1.00 bits per heavy atom. The normalized spacial score (nSPS) is 18.0. The van der Waals surface area contributed by atoms with Crippen LogP contribution in [0, 0.1) is 0 Å². The minimum atomic E-state index is -7.94. The molecule has 0 aromatic carbocycles. The summed E-state index contributed by atoms with van der Waals surface area (Å²) in [6, 6.07) is 0. The highest BCUT2D eigenvalue weighted by Gasteiger charge is 2.91. The Kier molecular flexibility index (Phi) is 6.61. The van der Waals surface area contributed by atoms with Gasteiger partial charge in [-0.25, -0.2) is 0 Å². The van der Waals surface area contributed by atoms with Gasteiger partial charge in [0.05, 0.1) is 12.7 Å². The maximum atomic E-state index is 13.5. The van der Waals surface area contributed by atoms with Crippen LogP contribution in [0.3, 0.4) is 0 Å². The van der Waals surface area contributed by atoms with Crippen LogP contribution >= 0.6 is 0 Å². The van der Waals surface area contributed by atoms with Crippen molar-refractivity contribution in [3.8, 4) is 0 Å². The van der Waals surface area contributed by atoms with Gasteiger partial charge in [-0.2, -0.15) is 57.1 Å². The fourth-order valence-corrected chi connectivity index (χ4v) is 1.43. The molecule has 0 heterocycles. The summed E-state index contributed by atoms with van der Waals surface area (Å²) in [6.07, 6.45) is -12.4. The van der Waals surface area contributed by atoms with E-state index in [1.807, 2.05) is 0 Å². The third kappa shape index (κ3) is 3.68. The van der Waals surface area contributed by atoms with Crippen LogP contribution < -0.4 is 0 Å². The largest absolute Gasteiger partial charge is 0.460 e. The van der Waals surface area contributed by atoms with Crippen molar-refractivity contribution >= 4 is 0 Å². The van der Waals surface area contributed by atoms with E-state index in [-0.39, 0.29) is 6.92 Å². The molecule has 2 unspecified atom stereocenters. The van der Waals surface area contributed by atoms with E-state index in [2.05, 4.69) is 4.74 Å². The van der Waals surface area contributed by atoms with Gasteiger partial charge in [-0.3, -0.25) is 0 Å². The molecular weight excluding hydrogens is 411 g/mol. The van der Waals surface area contributed by atoms with E-state index in [4.69, 9.17) is 5.11 Å². The molecule has 0 fully saturated rings. The standard InChI is InChI=1S/C11H11F13O2/c1-4(25)3-26-5(2)6(12,13)7(14,15)8(16,17)9(18,19)10(20,21)11(22,23)24/h4-5,25H,3H2,1-2H3. The van der Waals surface area contributed by atoms with Crippen LogP contribution in [0.2, 0.25) is 0 Å². The molecule has 0 aliphatic heterocycles. The quantitative estimate of drug-likeness (QED) is 0.584. The van der Waals surface area contributed by atoms with E-state index in [1.165, 1.54) is 0 Å². The molecule has 0 saturated carbocycles. The molecule has 1 N–H and O–H groups in total. The highest BCUT2D eigenvalue weighted by molar-refractivity contribution is 5.11. The monoisotopic (exact) mass is 422 g/mol. The van der Waals surface area contributed by atoms with E-state index in [0.29, 0.717) is 0 Å². The summed E-state index contributed by atoms with van der Waals surface area (Å²) in [4.78, 5) is 0. The fraction of sp³-hybridized carbons (Fsp3) is 1.00. The number of alkyl halides is 13. The lowest BCUT2D eigenvalue weighted by Gasteiger charge is -2.41. The van der Waals surface area contributed by atoms with Gasteiger partial charge in [0, 0.05) is 0 Å². The van der Waals surface area contributed by atoms with Crippen molar-refractivity contribution in [2.45, 2.75) is 61.8 Å². The molecule has 0 spiro atoms. The van der Waals surface area contributed by atoms with E-state index in [0.717, 1.165) is 6.92 Å². The fourth-order valence-electron chi connectivity index (χ4n) is 1.43. The van der Waals surface area contributed by atoms with Crippen molar-refractivity contribution in [1.82, 2.24) is 0 Å². The molecule has 0 aliphatic carbocycles. The zero-order chi connectivity index (χ0) is 21.6. The molecule has 2 nitrogen and oxygen atoms in total. The Labute approximate surface area is 136 Å². The molecule has 2 atom stereocenters. The van der Waals surface area contributed by atoms with E-state index >= 15 is 0 Å². The molecule has 0 aromatic heterocycles. The second kappa shape index (κ2) is 6.87. The minimum absolute atomic E-state index is 0.0631. The lowest BCUT2D eigenvalue weighted by Crippen LogP contribution is -2.71. The van der Waals surface area contributed by atoms with Crippen molar-refractivity contribution in [3.05, 3.63) is 0 Å². The van der Waals surface area contributed by atoms with Crippen molar-refractivity contribution in [3.63, 3.8) is 0 Å². The number of halogens is 13. The molecule has 0 saturated heterocycles. The van der Waals surface area contributed by atoms with Crippen molar-refractivity contribution in [2.75, 3.05) is 6.61 Å². The maximum absolute atomic E-state index is 13.5. The summed E-state index contributed by atoms with van der Waals surface area (Å²) in [5.41, 5.74) is 0. The summed E-state index contributed by atoms with van der Waals surface area (Å²) >= 11 is 0. The third-order valence-corrected chi connectivity index (χ3v) is 3.06. The van der Waals surface area contributed by atoms with Crippen LogP contribution in [0.5, 0.6) is 0 Å². The highest BCUT2D eigenvalue weighted by Crippen LogP contribution is 2.60. The second-order valence-corrected chi connectivity index (χ2v) is 5.24. The van der Waals surface area contributed by atoms with Gasteiger partial charge in [0.2, 0.25) is 0 Å². The summed E-state index contributed by atoms with van der Waals surface area (Å²) < 4.78 is 171. The van der Waals surface area contributed by atoms with E-state index in [1.54, 1.807) is 0 Å². The Hall–Kier alpha value is -0.990. The Balaban J connectivity index is 6.08. The molecule has 0 aliphatic rings.